The molecule has 0 spiro atoms. The molecule has 1 aromatic rings. The Morgan fingerprint density at radius 1 is 1.45 bits per heavy atom. The maximum atomic E-state index is 14.3. The van der Waals surface area contributed by atoms with Crippen LogP contribution in [0.5, 0.6) is 0 Å². The summed E-state index contributed by atoms with van der Waals surface area (Å²) < 4.78 is 19.5. The van der Waals surface area contributed by atoms with Crippen molar-refractivity contribution in [1.29, 1.82) is 0 Å². The van der Waals surface area contributed by atoms with Gasteiger partial charge in [0.1, 0.15) is 11.8 Å². The highest BCUT2D eigenvalue weighted by Crippen LogP contribution is 2.20. The first-order chi connectivity index (χ1) is 10.2. The van der Waals surface area contributed by atoms with Gasteiger partial charge in [0.25, 0.3) is 0 Å². The molecule has 1 amide bonds. The van der Waals surface area contributed by atoms with Crippen molar-refractivity contribution in [2.24, 2.45) is 0 Å². The summed E-state index contributed by atoms with van der Waals surface area (Å²) in [6.45, 7) is 5.75. The normalized spacial score (nSPS) is 22.3. The zero-order chi connectivity index (χ0) is 16.3. The zero-order valence-electron chi connectivity index (χ0n) is 12.8. The molecule has 0 radical (unpaired) electrons. The monoisotopic (exact) mass is 330 g/mol. The van der Waals surface area contributed by atoms with Crippen LogP contribution in [0.2, 0.25) is 5.02 Å². The number of rotatable bonds is 2. The minimum Gasteiger partial charge on any atom is -0.444 e. The summed E-state index contributed by atoms with van der Waals surface area (Å²) in [7, 11) is 0. The van der Waals surface area contributed by atoms with Crippen molar-refractivity contribution in [3.05, 3.63) is 17.4 Å². The fourth-order valence-electron chi connectivity index (χ4n) is 2.11. The fraction of sp³-hybridized carbons (Fsp3) is 0.643. The Bertz CT molecular complexity index is 521. The number of alkyl halides is 1. The van der Waals surface area contributed by atoms with Gasteiger partial charge in [-0.05, 0) is 27.2 Å². The maximum Gasteiger partial charge on any atom is 0.410 e. The van der Waals surface area contributed by atoms with E-state index in [1.807, 2.05) is 0 Å². The van der Waals surface area contributed by atoms with E-state index in [0.29, 0.717) is 23.9 Å². The molecule has 0 unspecified atom stereocenters. The van der Waals surface area contributed by atoms with E-state index in [1.165, 1.54) is 17.3 Å². The van der Waals surface area contributed by atoms with E-state index in [0.717, 1.165) is 0 Å². The zero-order valence-corrected chi connectivity index (χ0v) is 13.6. The Hall–Kier alpha value is -1.63. The molecule has 22 heavy (non-hydrogen) atoms. The number of halogens is 2. The van der Waals surface area contributed by atoms with Crippen LogP contribution in [0.1, 0.15) is 27.2 Å². The number of carbonyl (C=O) groups is 1. The number of nitrogens with zero attached hydrogens (tertiary/aromatic N) is 3. The Labute approximate surface area is 134 Å². The standard InChI is InChI=1S/C14H20ClFN4O2/c1-14(2,3)22-13(21)20-5-4-11(10(16)8-20)19-12-17-6-9(15)7-18-12/h6-7,10-11H,4-5,8H2,1-3H3,(H,17,18,19)/t10-,11+/m0/s1. The van der Waals surface area contributed by atoms with Gasteiger partial charge in [-0.15, -0.1) is 0 Å². The van der Waals surface area contributed by atoms with Crippen LogP contribution in [-0.2, 0) is 4.74 Å². The van der Waals surface area contributed by atoms with Crippen molar-refractivity contribution in [2.45, 2.75) is 45.0 Å². The van der Waals surface area contributed by atoms with Gasteiger partial charge in [0.15, 0.2) is 0 Å². The average molecular weight is 331 g/mol. The highest BCUT2D eigenvalue weighted by atomic mass is 35.5. The van der Waals surface area contributed by atoms with Gasteiger partial charge in [0.05, 0.1) is 30.0 Å². The fourth-order valence-corrected chi connectivity index (χ4v) is 2.21. The topological polar surface area (TPSA) is 67.3 Å². The molecule has 1 fully saturated rings. The summed E-state index contributed by atoms with van der Waals surface area (Å²) >= 11 is 5.70. The second-order valence-corrected chi connectivity index (χ2v) is 6.64. The van der Waals surface area contributed by atoms with E-state index >= 15 is 0 Å². The highest BCUT2D eigenvalue weighted by Gasteiger charge is 2.33. The quantitative estimate of drug-likeness (QED) is 0.903. The highest BCUT2D eigenvalue weighted by molar-refractivity contribution is 6.30. The number of carbonyl (C=O) groups excluding carboxylic acids is 1. The van der Waals surface area contributed by atoms with E-state index in [9.17, 15) is 9.18 Å². The second-order valence-electron chi connectivity index (χ2n) is 6.21. The van der Waals surface area contributed by atoms with Crippen molar-refractivity contribution in [2.75, 3.05) is 18.4 Å². The average Bonchev–Trinajstić information content (AvgIpc) is 2.41. The number of anilines is 1. The van der Waals surface area contributed by atoms with Gasteiger partial charge in [0.2, 0.25) is 5.95 Å². The molecule has 122 valence electrons. The Morgan fingerprint density at radius 2 is 2.09 bits per heavy atom. The predicted molar refractivity (Wildman–Crippen MR) is 81.8 cm³/mol. The number of hydrogen-bond acceptors (Lipinski definition) is 5. The Kier molecular flexibility index (Phi) is 5.05. The van der Waals surface area contributed by atoms with E-state index in [1.54, 1.807) is 20.8 Å². The third-order valence-electron chi connectivity index (χ3n) is 3.13. The van der Waals surface area contributed by atoms with Crippen molar-refractivity contribution in [3.63, 3.8) is 0 Å². The molecule has 1 N–H and O–H groups in total. The van der Waals surface area contributed by atoms with Crippen LogP contribution in [0, 0.1) is 0 Å². The van der Waals surface area contributed by atoms with Crippen molar-refractivity contribution in [3.8, 4) is 0 Å². The number of hydrogen-bond donors (Lipinski definition) is 1. The van der Waals surface area contributed by atoms with Crippen LogP contribution in [0.3, 0.4) is 0 Å². The van der Waals surface area contributed by atoms with Gasteiger partial charge in [-0.2, -0.15) is 0 Å². The summed E-state index contributed by atoms with van der Waals surface area (Å²) in [6, 6.07) is -0.445. The molecular weight excluding hydrogens is 311 g/mol. The van der Waals surface area contributed by atoms with Crippen LogP contribution in [0.15, 0.2) is 12.4 Å². The molecule has 0 bridgehead atoms. The molecule has 2 heterocycles. The van der Waals surface area contributed by atoms with Gasteiger partial charge in [-0.25, -0.2) is 19.2 Å². The first-order valence-corrected chi connectivity index (χ1v) is 7.48. The van der Waals surface area contributed by atoms with E-state index in [2.05, 4.69) is 15.3 Å². The summed E-state index contributed by atoms with van der Waals surface area (Å²) in [6.07, 6.45) is 1.63. The van der Waals surface area contributed by atoms with Crippen molar-refractivity contribution < 1.29 is 13.9 Å². The van der Waals surface area contributed by atoms with Gasteiger partial charge in [-0.1, -0.05) is 11.6 Å². The van der Waals surface area contributed by atoms with Gasteiger partial charge in [0, 0.05) is 6.54 Å². The number of nitrogens with one attached hydrogen (secondary N) is 1. The van der Waals surface area contributed by atoms with E-state index in [4.69, 9.17) is 16.3 Å². The smallest absolute Gasteiger partial charge is 0.410 e. The lowest BCUT2D eigenvalue weighted by atomic mass is 10.0. The largest absolute Gasteiger partial charge is 0.444 e. The molecule has 1 aliphatic heterocycles. The number of likely N-dealkylation sites (tertiary alicyclic amines) is 1. The molecule has 1 aromatic heterocycles. The SMILES string of the molecule is CC(C)(C)OC(=O)N1CC[C@@H](Nc2ncc(Cl)cn2)[C@@H](F)C1. The lowest BCUT2D eigenvalue weighted by Gasteiger charge is -2.35. The molecule has 1 aliphatic rings. The molecule has 0 aromatic carbocycles. The molecule has 8 heteroatoms. The Morgan fingerprint density at radius 3 is 2.64 bits per heavy atom. The molecule has 6 nitrogen and oxygen atoms in total. The minimum atomic E-state index is -1.22. The van der Waals surface area contributed by atoms with Crippen LogP contribution in [0.4, 0.5) is 15.1 Å². The number of ether oxygens (including phenoxy) is 1. The van der Waals surface area contributed by atoms with Crippen molar-refractivity contribution >= 4 is 23.6 Å². The van der Waals surface area contributed by atoms with Gasteiger partial charge in [-0.3, -0.25) is 0 Å². The first kappa shape index (κ1) is 16.7. The summed E-state index contributed by atoms with van der Waals surface area (Å²) in [4.78, 5) is 21.3. The summed E-state index contributed by atoms with van der Waals surface area (Å²) in [5, 5.41) is 3.35. The number of aromatic nitrogens is 2. The van der Waals surface area contributed by atoms with Crippen LogP contribution in [0.25, 0.3) is 0 Å². The maximum absolute atomic E-state index is 14.3. The number of piperidine rings is 1. The van der Waals surface area contributed by atoms with Gasteiger partial charge >= 0.3 is 6.09 Å². The van der Waals surface area contributed by atoms with Crippen molar-refractivity contribution in [1.82, 2.24) is 14.9 Å². The summed E-state index contributed by atoms with van der Waals surface area (Å²) in [5.41, 5.74) is -0.588. The number of amides is 1. The third kappa shape index (κ3) is 4.69. The lowest BCUT2D eigenvalue weighted by Crippen LogP contribution is -2.51. The van der Waals surface area contributed by atoms with Crippen LogP contribution >= 0.6 is 11.6 Å². The third-order valence-corrected chi connectivity index (χ3v) is 3.32. The molecule has 1 saturated heterocycles. The molecule has 2 atom stereocenters. The van der Waals surface area contributed by atoms with Crippen LogP contribution < -0.4 is 5.32 Å². The second kappa shape index (κ2) is 6.64. The van der Waals surface area contributed by atoms with E-state index < -0.39 is 23.9 Å². The molecule has 0 saturated carbocycles. The lowest BCUT2D eigenvalue weighted by molar-refractivity contribution is 0.0125. The van der Waals surface area contributed by atoms with E-state index in [-0.39, 0.29) is 6.54 Å². The Balaban J connectivity index is 1.90. The summed E-state index contributed by atoms with van der Waals surface area (Å²) in [5.74, 6) is 0.322. The molecule has 2 rings (SSSR count). The first-order valence-electron chi connectivity index (χ1n) is 7.11. The van der Waals surface area contributed by atoms with Gasteiger partial charge < -0.3 is 15.0 Å². The molecular formula is C14H20ClFN4O2. The predicted octanol–water partition coefficient (Wildman–Crippen LogP) is 2.89. The van der Waals surface area contributed by atoms with Crippen LogP contribution in [-0.4, -0.2) is 51.9 Å². The molecule has 0 aliphatic carbocycles. The minimum absolute atomic E-state index is 0.0137.